The van der Waals surface area contributed by atoms with Crippen molar-refractivity contribution in [2.24, 2.45) is 5.92 Å². The second-order valence-electron chi connectivity index (χ2n) is 8.18. The average Bonchev–Trinajstić information content (AvgIpc) is 2.59. The minimum Gasteiger partial charge on any atom is -0.444 e. The van der Waals surface area contributed by atoms with E-state index in [9.17, 15) is 10.1 Å². The highest BCUT2D eigenvalue weighted by Gasteiger charge is 2.41. The summed E-state index contributed by atoms with van der Waals surface area (Å²) in [5.41, 5.74) is 1.19. The molecule has 2 atom stereocenters. The predicted molar refractivity (Wildman–Crippen MR) is 102 cm³/mol. The Morgan fingerprint density at radius 1 is 1.33 bits per heavy atom. The molecule has 2 aromatic rings. The lowest BCUT2D eigenvalue weighted by atomic mass is 9.78. The van der Waals surface area contributed by atoms with Gasteiger partial charge in [-0.1, -0.05) is 13.0 Å². The number of benzene rings is 1. The van der Waals surface area contributed by atoms with E-state index in [1.54, 1.807) is 18.5 Å². The minimum absolute atomic E-state index is 0.344. The fourth-order valence-corrected chi connectivity index (χ4v) is 3.67. The van der Waals surface area contributed by atoms with Gasteiger partial charge >= 0.3 is 6.09 Å². The lowest BCUT2D eigenvalue weighted by Gasteiger charge is -2.42. The van der Waals surface area contributed by atoms with Gasteiger partial charge < -0.3 is 15.4 Å². The molecule has 7 heteroatoms. The Kier molecular flexibility index (Phi) is 5.03. The third-order valence-electron chi connectivity index (χ3n) is 4.62. The van der Waals surface area contributed by atoms with E-state index in [1.807, 2.05) is 26.8 Å². The first-order valence-corrected chi connectivity index (χ1v) is 9.10. The van der Waals surface area contributed by atoms with Crippen LogP contribution in [0.25, 0.3) is 11.0 Å². The van der Waals surface area contributed by atoms with Crippen LogP contribution in [-0.2, 0) is 10.3 Å². The Balaban J connectivity index is 2.11. The van der Waals surface area contributed by atoms with Crippen molar-refractivity contribution in [2.45, 2.75) is 45.3 Å². The molecule has 1 saturated heterocycles. The normalized spacial score (nSPS) is 22.9. The molecule has 0 saturated carbocycles. The largest absolute Gasteiger partial charge is 0.444 e. The fraction of sp³-hybridized carbons (Fsp3) is 0.500. The number of nitrogens with zero attached hydrogens (tertiary/aromatic N) is 3. The van der Waals surface area contributed by atoms with Crippen LogP contribution in [0.4, 0.5) is 4.79 Å². The summed E-state index contributed by atoms with van der Waals surface area (Å²) in [6.07, 6.45) is 3.44. The summed E-state index contributed by atoms with van der Waals surface area (Å²) in [5.74, 6) is 0.344. The number of nitrogens with one attached hydrogen (secondary N) is 2. The van der Waals surface area contributed by atoms with Gasteiger partial charge in [0.05, 0.1) is 16.6 Å². The Labute approximate surface area is 159 Å². The van der Waals surface area contributed by atoms with Gasteiger partial charge in [0.2, 0.25) is 0 Å². The SMILES string of the molecule is C[C@@H]1CNC[C@](NC(=O)OC(C)(C)C)(c2ccc(C#N)c3nccnc23)C1. The summed E-state index contributed by atoms with van der Waals surface area (Å²) in [7, 11) is 0. The number of alkyl carbamates (subject to hydrolysis) is 1. The van der Waals surface area contributed by atoms with Crippen LogP contribution in [0.15, 0.2) is 24.5 Å². The van der Waals surface area contributed by atoms with E-state index in [4.69, 9.17) is 4.74 Å². The topological polar surface area (TPSA) is 99.9 Å². The molecule has 1 aliphatic rings. The van der Waals surface area contributed by atoms with E-state index in [2.05, 4.69) is 33.6 Å². The summed E-state index contributed by atoms with van der Waals surface area (Å²) in [5, 5.41) is 15.9. The van der Waals surface area contributed by atoms with Crippen molar-refractivity contribution in [2.75, 3.05) is 13.1 Å². The van der Waals surface area contributed by atoms with E-state index in [0.29, 0.717) is 29.1 Å². The molecule has 0 unspecified atom stereocenters. The molecule has 1 aromatic carbocycles. The number of amides is 1. The molecule has 1 aromatic heterocycles. The van der Waals surface area contributed by atoms with Crippen molar-refractivity contribution in [1.29, 1.82) is 5.26 Å². The first-order valence-electron chi connectivity index (χ1n) is 9.10. The summed E-state index contributed by atoms with van der Waals surface area (Å²) in [6.45, 7) is 9.07. The predicted octanol–water partition coefficient (Wildman–Crippen LogP) is 2.85. The second-order valence-corrected chi connectivity index (χ2v) is 8.18. The van der Waals surface area contributed by atoms with Crippen LogP contribution < -0.4 is 10.6 Å². The molecule has 1 amide bonds. The van der Waals surface area contributed by atoms with Crippen molar-refractivity contribution in [3.05, 3.63) is 35.7 Å². The van der Waals surface area contributed by atoms with Gasteiger partial charge in [-0.15, -0.1) is 0 Å². The Morgan fingerprint density at radius 3 is 2.67 bits per heavy atom. The molecule has 2 heterocycles. The van der Waals surface area contributed by atoms with Crippen LogP contribution in [0.1, 0.15) is 45.2 Å². The van der Waals surface area contributed by atoms with Gasteiger partial charge in [0.15, 0.2) is 0 Å². The van der Waals surface area contributed by atoms with Crippen molar-refractivity contribution < 1.29 is 9.53 Å². The Hall–Kier alpha value is -2.72. The van der Waals surface area contributed by atoms with E-state index in [-0.39, 0.29) is 0 Å². The van der Waals surface area contributed by atoms with Crippen molar-refractivity contribution in [3.8, 4) is 6.07 Å². The molecule has 1 fully saturated rings. The summed E-state index contributed by atoms with van der Waals surface area (Å²) in [4.78, 5) is 21.5. The maximum Gasteiger partial charge on any atom is 0.408 e. The third kappa shape index (κ3) is 4.01. The molecule has 0 spiro atoms. The van der Waals surface area contributed by atoms with Crippen molar-refractivity contribution in [3.63, 3.8) is 0 Å². The van der Waals surface area contributed by atoms with Gasteiger partial charge in [-0.3, -0.25) is 9.97 Å². The molecule has 2 N–H and O–H groups in total. The average molecular weight is 367 g/mol. The Morgan fingerprint density at radius 2 is 2.04 bits per heavy atom. The highest BCUT2D eigenvalue weighted by molar-refractivity contribution is 5.85. The van der Waals surface area contributed by atoms with E-state index < -0.39 is 17.2 Å². The highest BCUT2D eigenvalue weighted by atomic mass is 16.6. The third-order valence-corrected chi connectivity index (χ3v) is 4.62. The van der Waals surface area contributed by atoms with E-state index in [1.165, 1.54) is 0 Å². The summed E-state index contributed by atoms with van der Waals surface area (Å²) < 4.78 is 5.51. The number of piperidine rings is 1. The number of hydrogen-bond donors (Lipinski definition) is 2. The van der Waals surface area contributed by atoms with Crippen molar-refractivity contribution in [1.82, 2.24) is 20.6 Å². The monoisotopic (exact) mass is 367 g/mol. The first kappa shape index (κ1) is 19.1. The van der Waals surface area contributed by atoms with Gasteiger partial charge in [0, 0.05) is 24.5 Å². The van der Waals surface area contributed by atoms with Gasteiger partial charge in [-0.05, 0) is 45.7 Å². The highest BCUT2D eigenvalue weighted by Crippen LogP contribution is 2.35. The minimum atomic E-state index is -0.692. The van der Waals surface area contributed by atoms with Gasteiger partial charge in [0.25, 0.3) is 0 Å². The number of fused-ring (bicyclic) bond motifs is 1. The number of carbonyl (C=O) groups is 1. The molecule has 0 radical (unpaired) electrons. The molecular formula is C20H25N5O2. The number of nitriles is 1. The molecule has 0 aliphatic carbocycles. The zero-order valence-electron chi connectivity index (χ0n) is 16.2. The van der Waals surface area contributed by atoms with Crippen LogP contribution in [0, 0.1) is 17.2 Å². The van der Waals surface area contributed by atoms with Crippen LogP contribution in [0.3, 0.4) is 0 Å². The van der Waals surface area contributed by atoms with Crippen LogP contribution >= 0.6 is 0 Å². The second kappa shape index (κ2) is 7.12. The number of ether oxygens (including phenoxy) is 1. The van der Waals surface area contributed by atoms with Gasteiger partial charge in [-0.25, -0.2) is 4.79 Å². The molecule has 0 bridgehead atoms. The fourth-order valence-electron chi connectivity index (χ4n) is 3.67. The number of rotatable bonds is 2. The summed E-state index contributed by atoms with van der Waals surface area (Å²) in [6, 6.07) is 5.77. The van der Waals surface area contributed by atoms with Crippen molar-refractivity contribution >= 4 is 17.1 Å². The number of aromatic nitrogens is 2. The maximum atomic E-state index is 12.6. The van der Waals surface area contributed by atoms with Crippen LogP contribution in [0.2, 0.25) is 0 Å². The lowest BCUT2D eigenvalue weighted by molar-refractivity contribution is 0.0415. The molecule has 142 valence electrons. The van der Waals surface area contributed by atoms with Crippen LogP contribution in [0.5, 0.6) is 0 Å². The molecular weight excluding hydrogens is 342 g/mol. The Bertz CT molecular complexity index is 899. The number of carbonyl (C=O) groups excluding carboxylic acids is 1. The molecule has 7 nitrogen and oxygen atoms in total. The maximum absolute atomic E-state index is 12.6. The summed E-state index contributed by atoms with van der Waals surface area (Å²) >= 11 is 0. The van der Waals surface area contributed by atoms with Crippen LogP contribution in [-0.4, -0.2) is 34.8 Å². The van der Waals surface area contributed by atoms with E-state index >= 15 is 0 Å². The molecule has 1 aliphatic heterocycles. The van der Waals surface area contributed by atoms with E-state index in [0.717, 1.165) is 18.5 Å². The van der Waals surface area contributed by atoms with Gasteiger partial charge in [0.1, 0.15) is 17.2 Å². The lowest BCUT2D eigenvalue weighted by Crippen LogP contribution is -2.58. The zero-order chi connectivity index (χ0) is 19.7. The smallest absolute Gasteiger partial charge is 0.408 e. The number of hydrogen-bond acceptors (Lipinski definition) is 6. The first-order chi connectivity index (χ1) is 12.7. The molecule has 3 rings (SSSR count). The van der Waals surface area contributed by atoms with Gasteiger partial charge in [-0.2, -0.15) is 5.26 Å². The molecule has 27 heavy (non-hydrogen) atoms. The quantitative estimate of drug-likeness (QED) is 0.847. The standard InChI is InChI=1S/C20H25N5O2/c1-13-9-20(12-22-11-13,25-18(26)27-19(2,3)4)15-6-5-14(10-21)16-17(15)24-8-7-23-16/h5-8,13,22H,9,11-12H2,1-4H3,(H,25,26)/t13-,20-/m0/s1. The zero-order valence-corrected chi connectivity index (χ0v) is 16.2.